The molecule has 0 fully saturated rings. The summed E-state index contributed by atoms with van der Waals surface area (Å²) in [6.07, 6.45) is 3.56. The number of nitrogens with zero attached hydrogens (tertiary/aromatic N) is 2. The first kappa shape index (κ1) is 20.5. The number of nitrogens with two attached hydrogens (primary N) is 2. The molecule has 4 N–H and O–H groups in total. The molecule has 2 aromatic heterocycles. The molecule has 3 aromatic carbocycles. The van der Waals surface area contributed by atoms with Crippen molar-refractivity contribution in [1.29, 1.82) is 0 Å². The fourth-order valence-corrected chi connectivity index (χ4v) is 2.75. The van der Waals surface area contributed by atoms with Crippen LogP contribution in [-0.4, -0.2) is 15.9 Å². The molecule has 0 aliphatic carbocycles. The van der Waals surface area contributed by atoms with E-state index in [9.17, 15) is 4.79 Å². The zero-order valence-electron chi connectivity index (χ0n) is 16.3. The van der Waals surface area contributed by atoms with Gasteiger partial charge in [0, 0.05) is 28.7 Å². The van der Waals surface area contributed by atoms with Gasteiger partial charge in [-0.05, 0) is 36.4 Å². The molecular weight excluding hydrogens is 372 g/mol. The summed E-state index contributed by atoms with van der Waals surface area (Å²) in [5.74, 6) is -0.379. The van der Waals surface area contributed by atoms with Gasteiger partial charge in [-0.3, -0.25) is 14.8 Å². The maximum atomic E-state index is 10.4. The summed E-state index contributed by atoms with van der Waals surface area (Å²) in [6, 6.07) is 30.5. The Balaban J connectivity index is 0.000000129. The summed E-state index contributed by atoms with van der Waals surface area (Å²) < 4.78 is 0. The highest BCUT2D eigenvalue weighted by Crippen LogP contribution is 2.16. The van der Waals surface area contributed by atoms with E-state index >= 15 is 0 Å². The number of anilines is 1. The van der Waals surface area contributed by atoms with Crippen LogP contribution in [0, 0.1) is 0 Å². The van der Waals surface area contributed by atoms with E-state index in [1.165, 1.54) is 5.39 Å². The summed E-state index contributed by atoms with van der Waals surface area (Å²) in [5, 5.41) is 2.29. The predicted octanol–water partition coefficient (Wildman–Crippen LogP) is 4.84. The lowest BCUT2D eigenvalue weighted by molar-refractivity contribution is 0.100. The molecule has 0 aliphatic heterocycles. The van der Waals surface area contributed by atoms with Crippen LogP contribution in [0.15, 0.2) is 109 Å². The molecule has 5 rings (SSSR count). The third-order valence-corrected chi connectivity index (χ3v) is 4.23. The van der Waals surface area contributed by atoms with Gasteiger partial charge in [-0.1, -0.05) is 60.7 Å². The van der Waals surface area contributed by atoms with Gasteiger partial charge in [-0.25, -0.2) is 0 Å². The first-order chi connectivity index (χ1) is 14.6. The lowest BCUT2D eigenvalue weighted by Gasteiger charge is -1.97. The van der Waals surface area contributed by atoms with E-state index in [1.54, 1.807) is 30.5 Å². The van der Waals surface area contributed by atoms with Crippen molar-refractivity contribution in [3.8, 4) is 0 Å². The Bertz CT molecular complexity index is 1170. The molecule has 0 saturated heterocycles. The number of benzene rings is 3. The number of carbonyl (C=O) groups is 1. The van der Waals surface area contributed by atoms with Gasteiger partial charge in [0.05, 0.1) is 16.7 Å². The van der Waals surface area contributed by atoms with Crippen LogP contribution in [0.2, 0.25) is 0 Å². The second kappa shape index (κ2) is 10.3. The van der Waals surface area contributed by atoms with Crippen molar-refractivity contribution < 1.29 is 4.79 Å². The molecule has 0 saturated carbocycles. The Morgan fingerprint density at radius 2 is 1.23 bits per heavy atom. The number of nitrogen functional groups attached to an aromatic ring is 1. The van der Waals surface area contributed by atoms with Crippen LogP contribution in [0.4, 0.5) is 5.69 Å². The number of para-hydroxylation sites is 2. The highest BCUT2D eigenvalue weighted by Gasteiger charge is 1.95. The predicted molar refractivity (Wildman–Crippen MR) is 123 cm³/mol. The van der Waals surface area contributed by atoms with Crippen LogP contribution in [0.25, 0.3) is 21.8 Å². The molecule has 0 radical (unpaired) electrons. The lowest BCUT2D eigenvalue weighted by Crippen LogP contribution is -2.09. The van der Waals surface area contributed by atoms with Crippen LogP contribution in [-0.2, 0) is 0 Å². The SMILES string of the molecule is NC(=O)c1ccccc1.Nc1cccc2cccnc12.c1ccc2ncccc2c1. The maximum absolute atomic E-state index is 10.4. The van der Waals surface area contributed by atoms with Crippen LogP contribution in [0.5, 0.6) is 0 Å². The van der Waals surface area contributed by atoms with Crippen molar-refractivity contribution in [2.24, 2.45) is 5.73 Å². The number of rotatable bonds is 1. The van der Waals surface area contributed by atoms with Crippen molar-refractivity contribution in [3.05, 3.63) is 115 Å². The van der Waals surface area contributed by atoms with E-state index in [-0.39, 0.29) is 5.91 Å². The smallest absolute Gasteiger partial charge is 0.248 e. The van der Waals surface area contributed by atoms with Gasteiger partial charge in [0.25, 0.3) is 0 Å². The molecule has 5 aromatic rings. The number of fused-ring (bicyclic) bond motifs is 2. The molecule has 2 heterocycles. The minimum Gasteiger partial charge on any atom is -0.397 e. The minimum atomic E-state index is -0.379. The standard InChI is InChI=1S/C9H8N2.C9H7N.C7H7NO/c10-8-5-1-3-7-4-2-6-11-9(7)8;1-2-6-9-8(4-1)5-3-7-10-9;8-7(9)6-4-2-1-3-5-6/h1-6H,10H2;1-7H;1-5H,(H2,8,9). The Morgan fingerprint density at radius 1 is 0.633 bits per heavy atom. The minimum absolute atomic E-state index is 0.379. The topological polar surface area (TPSA) is 94.9 Å². The Kier molecular flexibility index (Phi) is 7.06. The summed E-state index contributed by atoms with van der Waals surface area (Å²) in [4.78, 5) is 18.8. The number of amides is 1. The second-order valence-corrected chi connectivity index (χ2v) is 6.35. The summed E-state index contributed by atoms with van der Waals surface area (Å²) in [6.45, 7) is 0. The molecule has 0 aliphatic rings. The van der Waals surface area contributed by atoms with Crippen LogP contribution >= 0.6 is 0 Å². The molecule has 1 amide bonds. The molecule has 148 valence electrons. The normalized spacial score (nSPS) is 9.73. The van der Waals surface area contributed by atoms with Crippen molar-refractivity contribution in [2.45, 2.75) is 0 Å². The molecule has 5 nitrogen and oxygen atoms in total. The average Bonchev–Trinajstić information content (AvgIpc) is 2.81. The van der Waals surface area contributed by atoms with E-state index in [4.69, 9.17) is 11.5 Å². The zero-order valence-corrected chi connectivity index (χ0v) is 16.3. The van der Waals surface area contributed by atoms with Crippen LogP contribution < -0.4 is 11.5 Å². The maximum Gasteiger partial charge on any atom is 0.248 e. The largest absolute Gasteiger partial charge is 0.397 e. The summed E-state index contributed by atoms with van der Waals surface area (Å²) >= 11 is 0. The zero-order chi connectivity index (χ0) is 21.2. The molecule has 0 atom stereocenters. The fraction of sp³-hybridized carbons (Fsp3) is 0. The van der Waals surface area contributed by atoms with Crippen molar-refractivity contribution in [3.63, 3.8) is 0 Å². The van der Waals surface area contributed by atoms with E-state index < -0.39 is 0 Å². The highest BCUT2D eigenvalue weighted by atomic mass is 16.1. The summed E-state index contributed by atoms with van der Waals surface area (Å²) in [7, 11) is 0. The molecule has 30 heavy (non-hydrogen) atoms. The van der Waals surface area contributed by atoms with E-state index in [0.717, 1.165) is 22.1 Å². The Hall–Kier alpha value is -4.25. The van der Waals surface area contributed by atoms with Gasteiger partial charge in [0.15, 0.2) is 0 Å². The average molecular weight is 394 g/mol. The van der Waals surface area contributed by atoms with Gasteiger partial charge < -0.3 is 11.5 Å². The quantitative estimate of drug-likeness (QED) is 0.398. The third-order valence-electron chi connectivity index (χ3n) is 4.23. The van der Waals surface area contributed by atoms with Gasteiger partial charge in [-0.15, -0.1) is 0 Å². The van der Waals surface area contributed by atoms with Gasteiger partial charge in [0.1, 0.15) is 0 Å². The first-order valence-corrected chi connectivity index (χ1v) is 9.39. The highest BCUT2D eigenvalue weighted by molar-refractivity contribution is 5.92. The van der Waals surface area contributed by atoms with Crippen molar-refractivity contribution in [2.75, 3.05) is 5.73 Å². The van der Waals surface area contributed by atoms with E-state index in [2.05, 4.69) is 22.1 Å². The molecular formula is C25H22N4O. The fourth-order valence-electron chi connectivity index (χ4n) is 2.75. The third kappa shape index (κ3) is 5.62. The first-order valence-electron chi connectivity index (χ1n) is 9.39. The number of hydrogen-bond acceptors (Lipinski definition) is 4. The number of aromatic nitrogens is 2. The van der Waals surface area contributed by atoms with Gasteiger partial charge >= 0.3 is 0 Å². The van der Waals surface area contributed by atoms with Gasteiger partial charge in [0.2, 0.25) is 5.91 Å². The molecule has 0 unspecified atom stereocenters. The van der Waals surface area contributed by atoms with Crippen molar-refractivity contribution in [1.82, 2.24) is 9.97 Å². The molecule has 0 bridgehead atoms. The second-order valence-electron chi connectivity index (χ2n) is 6.35. The van der Waals surface area contributed by atoms with Gasteiger partial charge in [-0.2, -0.15) is 0 Å². The summed E-state index contributed by atoms with van der Waals surface area (Å²) in [5.41, 5.74) is 13.9. The molecule has 0 spiro atoms. The number of pyridine rings is 2. The van der Waals surface area contributed by atoms with E-state index in [0.29, 0.717) is 5.56 Å². The number of carbonyl (C=O) groups excluding carboxylic acids is 1. The Labute approximate surface area is 175 Å². The number of primary amides is 1. The number of hydrogen-bond donors (Lipinski definition) is 2. The van der Waals surface area contributed by atoms with Crippen molar-refractivity contribution >= 4 is 33.4 Å². The molecule has 5 heteroatoms. The Morgan fingerprint density at radius 3 is 1.90 bits per heavy atom. The lowest BCUT2D eigenvalue weighted by atomic mass is 10.2. The monoisotopic (exact) mass is 394 g/mol. The van der Waals surface area contributed by atoms with E-state index in [1.807, 2.05) is 66.9 Å². The van der Waals surface area contributed by atoms with Crippen LogP contribution in [0.1, 0.15) is 10.4 Å². The van der Waals surface area contributed by atoms with Crippen LogP contribution in [0.3, 0.4) is 0 Å².